The van der Waals surface area contributed by atoms with Gasteiger partial charge in [0.05, 0.1) is 6.61 Å². The molecule has 1 aliphatic carbocycles. The van der Waals surface area contributed by atoms with Crippen LogP contribution >= 0.6 is 0 Å². The van der Waals surface area contributed by atoms with Gasteiger partial charge in [-0.1, -0.05) is 44.9 Å². The molecule has 2 rings (SSSR count). The fourth-order valence-electron chi connectivity index (χ4n) is 2.93. The van der Waals surface area contributed by atoms with Gasteiger partial charge in [0.15, 0.2) is 0 Å². The summed E-state index contributed by atoms with van der Waals surface area (Å²) in [6, 6.07) is 9.24. The van der Waals surface area contributed by atoms with Crippen molar-refractivity contribution in [1.82, 2.24) is 5.32 Å². The molecule has 1 aliphatic rings. The van der Waals surface area contributed by atoms with Crippen molar-refractivity contribution in [1.29, 1.82) is 0 Å². The minimum Gasteiger partial charge on any atom is -0.493 e. The third-order valence-corrected chi connectivity index (χ3v) is 4.43. The van der Waals surface area contributed by atoms with Gasteiger partial charge in [0.1, 0.15) is 5.75 Å². The molecule has 0 bridgehead atoms. The second-order valence-electron chi connectivity index (χ2n) is 5.98. The normalized spacial score (nSPS) is 17.3. The summed E-state index contributed by atoms with van der Waals surface area (Å²) < 4.78 is 5.98. The third-order valence-electron chi connectivity index (χ3n) is 4.43. The summed E-state index contributed by atoms with van der Waals surface area (Å²) in [6.45, 7) is 6.39. The molecule has 2 heteroatoms. The highest BCUT2D eigenvalue weighted by molar-refractivity contribution is 5.35. The first-order valence-electron chi connectivity index (χ1n) is 8.26. The second kappa shape index (κ2) is 8.31. The fraction of sp³-hybridized carbons (Fsp3) is 0.667. The first kappa shape index (κ1) is 15.4. The molecule has 2 nitrogen and oxygen atoms in total. The minimum absolute atomic E-state index is 0.572. The molecule has 0 amide bonds. The SMILES string of the molecule is CC[C@@H](C)c1ccccc1OCCCNC1CCCC1. The summed E-state index contributed by atoms with van der Waals surface area (Å²) in [7, 11) is 0. The van der Waals surface area contributed by atoms with E-state index in [4.69, 9.17) is 4.74 Å². The van der Waals surface area contributed by atoms with E-state index in [1.807, 2.05) is 0 Å². The van der Waals surface area contributed by atoms with Crippen LogP contribution in [0.1, 0.15) is 63.9 Å². The molecule has 1 N–H and O–H groups in total. The number of nitrogens with one attached hydrogen (secondary N) is 1. The average Bonchev–Trinajstić information content (AvgIpc) is 3.00. The summed E-state index contributed by atoms with van der Waals surface area (Å²) in [6.07, 6.45) is 7.76. The second-order valence-corrected chi connectivity index (χ2v) is 5.98. The van der Waals surface area contributed by atoms with Gasteiger partial charge >= 0.3 is 0 Å². The van der Waals surface area contributed by atoms with Gasteiger partial charge in [-0.3, -0.25) is 0 Å². The molecule has 1 atom stereocenters. The molecule has 1 aromatic carbocycles. The Morgan fingerprint density at radius 1 is 1.25 bits per heavy atom. The van der Waals surface area contributed by atoms with Gasteiger partial charge in [0.25, 0.3) is 0 Å². The lowest BCUT2D eigenvalue weighted by Gasteiger charge is -2.16. The van der Waals surface area contributed by atoms with Gasteiger partial charge in [0, 0.05) is 6.04 Å². The van der Waals surface area contributed by atoms with E-state index in [-0.39, 0.29) is 0 Å². The number of benzene rings is 1. The molecule has 0 unspecified atom stereocenters. The average molecular weight is 275 g/mol. The molecule has 0 heterocycles. The molecule has 0 radical (unpaired) electrons. The lowest BCUT2D eigenvalue weighted by Crippen LogP contribution is -2.27. The number of hydrogen-bond donors (Lipinski definition) is 1. The molecule has 20 heavy (non-hydrogen) atoms. The van der Waals surface area contributed by atoms with Crippen molar-refractivity contribution in [2.45, 2.75) is 64.3 Å². The first-order chi connectivity index (χ1) is 9.81. The van der Waals surface area contributed by atoms with E-state index in [9.17, 15) is 0 Å². The largest absolute Gasteiger partial charge is 0.493 e. The van der Waals surface area contributed by atoms with Crippen molar-refractivity contribution in [3.63, 3.8) is 0 Å². The molecule has 1 saturated carbocycles. The molecule has 0 aromatic heterocycles. The standard InChI is InChI=1S/C18H29NO/c1-3-15(2)17-11-6-7-12-18(17)20-14-8-13-19-16-9-4-5-10-16/h6-7,11-12,15-16,19H,3-5,8-10,13-14H2,1-2H3/t15-/m1/s1. The van der Waals surface area contributed by atoms with Crippen LogP contribution in [0.15, 0.2) is 24.3 Å². The van der Waals surface area contributed by atoms with Gasteiger partial charge in [0.2, 0.25) is 0 Å². The van der Waals surface area contributed by atoms with E-state index in [0.29, 0.717) is 5.92 Å². The van der Waals surface area contributed by atoms with Crippen LogP contribution in [0.3, 0.4) is 0 Å². The van der Waals surface area contributed by atoms with E-state index >= 15 is 0 Å². The Morgan fingerprint density at radius 3 is 2.75 bits per heavy atom. The van der Waals surface area contributed by atoms with E-state index in [2.05, 4.69) is 43.4 Å². The van der Waals surface area contributed by atoms with Crippen LogP contribution in [-0.2, 0) is 0 Å². The van der Waals surface area contributed by atoms with Crippen LogP contribution < -0.4 is 10.1 Å². The first-order valence-corrected chi connectivity index (χ1v) is 8.26. The van der Waals surface area contributed by atoms with Crippen molar-refractivity contribution >= 4 is 0 Å². The Balaban J connectivity index is 1.70. The Kier molecular flexibility index (Phi) is 6.38. The van der Waals surface area contributed by atoms with Gasteiger partial charge < -0.3 is 10.1 Å². The van der Waals surface area contributed by atoms with E-state index in [1.165, 1.54) is 31.2 Å². The highest BCUT2D eigenvalue weighted by atomic mass is 16.5. The Labute approximate surface area is 123 Å². The minimum atomic E-state index is 0.572. The lowest BCUT2D eigenvalue weighted by molar-refractivity contribution is 0.300. The number of para-hydroxylation sites is 1. The molecule has 0 aliphatic heterocycles. The zero-order valence-electron chi connectivity index (χ0n) is 13.0. The predicted octanol–water partition coefficient (Wildman–Crippen LogP) is 4.50. The molecular formula is C18H29NO. The molecule has 112 valence electrons. The van der Waals surface area contributed by atoms with Crippen LogP contribution in [0.5, 0.6) is 5.75 Å². The molecular weight excluding hydrogens is 246 g/mol. The zero-order chi connectivity index (χ0) is 14.2. The van der Waals surface area contributed by atoms with Crippen molar-refractivity contribution in [2.24, 2.45) is 0 Å². The van der Waals surface area contributed by atoms with E-state index < -0.39 is 0 Å². The summed E-state index contributed by atoms with van der Waals surface area (Å²) in [5.41, 5.74) is 1.35. The fourth-order valence-corrected chi connectivity index (χ4v) is 2.93. The van der Waals surface area contributed by atoms with Crippen molar-refractivity contribution in [2.75, 3.05) is 13.2 Å². The molecule has 0 spiro atoms. The van der Waals surface area contributed by atoms with Gasteiger partial charge in [-0.15, -0.1) is 0 Å². The quantitative estimate of drug-likeness (QED) is 0.705. The highest BCUT2D eigenvalue weighted by Crippen LogP contribution is 2.28. The lowest BCUT2D eigenvalue weighted by atomic mass is 9.98. The summed E-state index contributed by atoms with van der Waals surface area (Å²) >= 11 is 0. The van der Waals surface area contributed by atoms with Crippen LogP contribution in [0, 0.1) is 0 Å². The number of hydrogen-bond acceptors (Lipinski definition) is 2. The predicted molar refractivity (Wildman–Crippen MR) is 85.5 cm³/mol. The van der Waals surface area contributed by atoms with Crippen LogP contribution in [0.25, 0.3) is 0 Å². The maximum atomic E-state index is 5.98. The monoisotopic (exact) mass is 275 g/mol. The van der Waals surface area contributed by atoms with E-state index in [0.717, 1.165) is 37.8 Å². The number of ether oxygens (including phenoxy) is 1. The maximum absolute atomic E-state index is 5.98. The zero-order valence-corrected chi connectivity index (χ0v) is 13.0. The van der Waals surface area contributed by atoms with Crippen LogP contribution in [0.4, 0.5) is 0 Å². The Hall–Kier alpha value is -1.02. The maximum Gasteiger partial charge on any atom is 0.122 e. The molecule has 1 aromatic rings. The summed E-state index contributed by atoms with van der Waals surface area (Å²) in [5.74, 6) is 1.64. The van der Waals surface area contributed by atoms with Crippen molar-refractivity contribution < 1.29 is 4.74 Å². The molecule has 1 fully saturated rings. The molecule has 0 saturated heterocycles. The van der Waals surface area contributed by atoms with Gasteiger partial charge in [-0.25, -0.2) is 0 Å². The smallest absolute Gasteiger partial charge is 0.122 e. The Morgan fingerprint density at radius 2 is 2.00 bits per heavy atom. The number of rotatable bonds is 8. The van der Waals surface area contributed by atoms with Crippen molar-refractivity contribution in [3.8, 4) is 5.75 Å². The van der Waals surface area contributed by atoms with Crippen molar-refractivity contribution in [3.05, 3.63) is 29.8 Å². The highest BCUT2D eigenvalue weighted by Gasteiger charge is 2.13. The summed E-state index contributed by atoms with van der Waals surface area (Å²) in [5, 5.41) is 3.64. The van der Waals surface area contributed by atoms with Gasteiger partial charge in [-0.05, 0) is 49.8 Å². The topological polar surface area (TPSA) is 21.3 Å². The summed E-state index contributed by atoms with van der Waals surface area (Å²) in [4.78, 5) is 0. The third kappa shape index (κ3) is 4.52. The van der Waals surface area contributed by atoms with Crippen LogP contribution in [-0.4, -0.2) is 19.2 Å². The Bertz CT molecular complexity index is 385. The van der Waals surface area contributed by atoms with E-state index in [1.54, 1.807) is 0 Å². The van der Waals surface area contributed by atoms with Crippen LogP contribution in [0.2, 0.25) is 0 Å². The van der Waals surface area contributed by atoms with Gasteiger partial charge in [-0.2, -0.15) is 0 Å².